The highest BCUT2D eigenvalue weighted by atomic mass is 32.1. The second kappa shape index (κ2) is 10.5. The standard InChI is InChI=1S/C13H29N3OS/c1-12(2)11-16(9-8-15(3)4)13(18)14-7-6-10-17-5/h12H,6-11H2,1-5H3,(H,14,18). The molecular weight excluding hydrogens is 246 g/mol. The molecule has 0 aromatic carbocycles. The molecule has 0 saturated carbocycles. The van der Waals surface area contributed by atoms with Gasteiger partial charge in [-0.15, -0.1) is 0 Å². The van der Waals surface area contributed by atoms with Crippen LogP contribution < -0.4 is 5.32 Å². The van der Waals surface area contributed by atoms with Crippen LogP contribution in [-0.2, 0) is 4.74 Å². The summed E-state index contributed by atoms with van der Waals surface area (Å²) in [6.07, 6.45) is 0.986. The first-order chi connectivity index (χ1) is 8.47. The van der Waals surface area contributed by atoms with Gasteiger partial charge in [-0.25, -0.2) is 0 Å². The van der Waals surface area contributed by atoms with Gasteiger partial charge >= 0.3 is 0 Å². The third kappa shape index (κ3) is 9.62. The van der Waals surface area contributed by atoms with Gasteiger partial charge in [0, 0.05) is 39.9 Å². The topological polar surface area (TPSA) is 27.7 Å². The van der Waals surface area contributed by atoms with Crippen molar-refractivity contribution in [1.82, 2.24) is 15.1 Å². The Morgan fingerprint density at radius 2 is 1.94 bits per heavy atom. The molecule has 0 fully saturated rings. The number of hydrogen-bond acceptors (Lipinski definition) is 3. The summed E-state index contributed by atoms with van der Waals surface area (Å²) in [6, 6.07) is 0. The summed E-state index contributed by atoms with van der Waals surface area (Å²) in [7, 11) is 5.89. The lowest BCUT2D eigenvalue weighted by molar-refractivity contribution is 0.195. The van der Waals surface area contributed by atoms with Crippen LogP contribution in [0.2, 0.25) is 0 Å². The Morgan fingerprint density at radius 1 is 1.28 bits per heavy atom. The van der Waals surface area contributed by atoms with Crippen LogP contribution in [-0.4, -0.2) is 68.9 Å². The quantitative estimate of drug-likeness (QED) is 0.507. The maximum atomic E-state index is 5.45. The second-order valence-corrected chi connectivity index (χ2v) is 5.61. The number of thiocarbonyl (C=S) groups is 1. The van der Waals surface area contributed by atoms with Crippen molar-refractivity contribution in [1.29, 1.82) is 0 Å². The number of ether oxygens (including phenoxy) is 1. The third-order valence-electron chi connectivity index (χ3n) is 2.49. The maximum Gasteiger partial charge on any atom is 0.168 e. The van der Waals surface area contributed by atoms with Crippen molar-refractivity contribution in [3.05, 3.63) is 0 Å². The summed E-state index contributed by atoms with van der Waals surface area (Å²) in [5.74, 6) is 0.617. The first-order valence-corrected chi connectivity index (χ1v) is 7.04. The zero-order valence-electron chi connectivity index (χ0n) is 12.5. The molecule has 108 valence electrons. The minimum atomic E-state index is 0.617. The van der Waals surface area contributed by atoms with E-state index in [4.69, 9.17) is 17.0 Å². The molecule has 5 heteroatoms. The first-order valence-electron chi connectivity index (χ1n) is 6.63. The number of methoxy groups -OCH3 is 1. The van der Waals surface area contributed by atoms with Crippen LogP contribution in [0.5, 0.6) is 0 Å². The second-order valence-electron chi connectivity index (χ2n) is 5.22. The van der Waals surface area contributed by atoms with E-state index in [2.05, 4.69) is 43.1 Å². The van der Waals surface area contributed by atoms with Gasteiger partial charge in [0.15, 0.2) is 5.11 Å². The SMILES string of the molecule is COCCCNC(=S)N(CCN(C)C)CC(C)C. The van der Waals surface area contributed by atoms with Crippen LogP contribution >= 0.6 is 12.2 Å². The Kier molecular flexibility index (Phi) is 10.3. The van der Waals surface area contributed by atoms with Gasteiger partial charge in [-0.2, -0.15) is 0 Å². The molecule has 0 bridgehead atoms. The van der Waals surface area contributed by atoms with Gasteiger partial charge in [-0.1, -0.05) is 13.8 Å². The molecule has 0 saturated heterocycles. The largest absolute Gasteiger partial charge is 0.385 e. The Labute approximate surface area is 118 Å². The van der Waals surface area contributed by atoms with Crippen LogP contribution in [0, 0.1) is 5.92 Å². The zero-order valence-corrected chi connectivity index (χ0v) is 13.3. The highest BCUT2D eigenvalue weighted by molar-refractivity contribution is 7.80. The number of nitrogens with one attached hydrogen (secondary N) is 1. The lowest BCUT2D eigenvalue weighted by atomic mass is 10.2. The molecule has 0 rings (SSSR count). The third-order valence-corrected chi connectivity index (χ3v) is 2.89. The van der Waals surface area contributed by atoms with Crippen LogP contribution in [0.4, 0.5) is 0 Å². The number of likely N-dealkylation sites (N-methyl/N-ethyl adjacent to an activating group) is 1. The minimum absolute atomic E-state index is 0.617. The molecule has 0 atom stereocenters. The Hall–Kier alpha value is -0.390. The van der Waals surface area contributed by atoms with Gasteiger partial charge in [0.2, 0.25) is 0 Å². The summed E-state index contributed by atoms with van der Waals surface area (Å²) in [5.41, 5.74) is 0. The van der Waals surface area contributed by atoms with Crippen molar-refractivity contribution in [2.75, 3.05) is 54.0 Å². The van der Waals surface area contributed by atoms with E-state index in [0.717, 1.165) is 44.3 Å². The van der Waals surface area contributed by atoms with Crippen LogP contribution in [0.3, 0.4) is 0 Å². The number of hydrogen-bond donors (Lipinski definition) is 1. The van der Waals surface area contributed by atoms with Gasteiger partial charge < -0.3 is 19.9 Å². The monoisotopic (exact) mass is 275 g/mol. The molecule has 4 nitrogen and oxygen atoms in total. The summed E-state index contributed by atoms with van der Waals surface area (Å²) in [4.78, 5) is 4.44. The molecule has 1 N–H and O–H groups in total. The molecule has 0 spiro atoms. The molecule has 0 radical (unpaired) electrons. The summed E-state index contributed by atoms with van der Waals surface area (Å²) >= 11 is 5.45. The molecular formula is C13H29N3OS. The van der Waals surface area contributed by atoms with E-state index in [0.29, 0.717) is 5.92 Å². The minimum Gasteiger partial charge on any atom is -0.385 e. The summed E-state index contributed by atoms with van der Waals surface area (Å²) < 4.78 is 5.02. The van der Waals surface area contributed by atoms with Gasteiger partial charge in [0.25, 0.3) is 0 Å². The predicted octanol–water partition coefficient (Wildman–Crippen LogP) is 1.42. The highest BCUT2D eigenvalue weighted by Crippen LogP contribution is 2.00. The number of rotatable bonds is 9. The zero-order chi connectivity index (χ0) is 14.0. The summed E-state index contributed by atoms with van der Waals surface area (Å²) in [6.45, 7) is 9.09. The van der Waals surface area contributed by atoms with E-state index in [-0.39, 0.29) is 0 Å². The molecule has 0 heterocycles. The van der Waals surface area contributed by atoms with Crippen molar-refractivity contribution >= 4 is 17.3 Å². The smallest absolute Gasteiger partial charge is 0.168 e. The molecule has 0 aliphatic carbocycles. The van der Waals surface area contributed by atoms with E-state index in [1.807, 2.05) is 0 Å². The molecule has 0 aromatic heterocycles. The lowest BCUT2D eigenvalue weighted by Crippen LogP contribution is -2.44. The van der Waals surface area contributed by atoms with Crippen molar-refractivity contribution in [2.45, 2.75) is 20.3 Å². The first kappa shape index (κ1) is 17.6. The van der Waals surface area contributed by atoms with E-state index >= 15 is 0 Å². The molecule has 0 aromatic rings. The van der Waals surface area contributed by atoms with E-state index in [1.165, 1.54) is 0 Å². The fourth-order valence-electron chi connectivity index (χ4n) is 1.56. The normalized spacial score (nSPS) is 11.1. The van der Waals surface area contributed by atoms with Crippen LogP contribution in [0.25, 0.3) is 0 Å². The molecule has 0 aliphatic rings. The van der Waals surface area contributed by atoms with E-state index < -0.39 is 0 Å². The van der Waals surface area contributed by atoms with Gasteiger partial charge in [0.1, 0.15) is 0 Å². The number of nitrogens with zero attached hydrogens (tertiary/aromatic N) is 2. The predicted molar refractivity (Wildman–Crippen MR) is 82.1 cm³/mol. The van der Waals surface area contributed by atoms with Crippen LogP contribution in [0.15, 0.2) is 0 Å². The average Bonchev–Trinajstić information content (AvgIpc) is 2.29. The molecule has 0 aliphatic heterocycles. The fourth-order valence-corrected chi connectivity index (χ4v) is 1.83. The van der Waals surface area contributed by atoms with E-state index in [1.54, 1.807) is 7.11 Å². The van der Waals surface area contributed by atoms with E-state index in [9.17, 15) is 0 Å². The molecule has 0 unspecified atom stereocenters. The van der Waals surface area contributed by atoms with Gasteiger partial charge in [-0.05, 0) is 38.7 Å². The van der Waals surface area contributed by atoms with Crippen molar-refractivity contribution < 1.29 is 4.74 Å². The fraction of sp³-hybridized carbons (Fsp3) is 0.923. The van der Waals surface area contributed by atoms with Crippen molar-refractivity contribution in [3.63, 3.8) is 0 Å². The van der Waals surface area contributed by atoms with Crippen molar-refractivity contribution in [2.24, 2.45) is 5.92 Å². The van der Waals surface area contributed by atoms with Gasteiger partial charge in [-0.3, -0.25) is 0 Å². The van der Waals surface area contributed by atoms with Crippen molar-refractivity contribution in [3.8, 4) is 0 Å². The maximum absolute atomic E-state index is 5.45. The Morgan fingerprint density at radius 3 is 2.44 bits per heavy atom. The lowest BCUT2D eigenvalue weighted by Gasteiger charge is -2.28. The molecule has 0 amide bonds. The van der Waals surface area contributed by atoms with Crippen LogP contribution in [0.1, 0.15) is 20.3 Å². The highest BCUT2D eigenvalue weighted by Gasteiger charge is 2.11. The summed E-state index contributed by atoms with van der Waals surface area (Å²) in [5, 5.41) is 4.17. The average molecular weight is 275 g/mol. The van der Waals surface area contributed by atoms with Gasteiger partial charge in [0.05, 0.1) is 0 Å². The Balaban J connectivity index is 4.05. The molecule has 18 heavy (non-hydrogen) atoms. The Bertz CT molecular complexity index is 222.